The standard InChI is InChI=1S/C29H30F6N2O/c1-20(22-12-24(28(30,31)32)14-25(13-22)29(33,34)35)38-19-26(23-10-6-3-7-11-23)16-27(17-26,18-36)37-15-21-8-4-2-5-9-21/h2-14,20,37H,15-19,36H2,1H3/t20-,26-,27+/m1/s1. The molecule has 1 aliphatic carbocycles. The molecule has 0 amide bonds. The van der Waals surface area contributed by atoms with E-state index in [1.54, 1.807) is 0 Å². The zero-order valence-corrected chi connectivity index (χ0v) is 20.9. The molecule has 38 heavy (non-hydrogen) atoms. The largest absolute Gasteiger partial charge is 0.416 e. The van der Waals surface area contributed by atoms with E-state index >= 15 is 0 Å². The number of hydrogen-bond acceptors (Lipinski definition) is 3. The average molecular weight is 537 g/mol. The van der Waals surface area contributed by atoms with E-state index in [0.717, 1.165) is 23.3 Å². The molecule has 4 rings (SSSR count). The maximum Gasteiger partial charge on any atom is 0.416 e. The molecule has 1 aliphatic rings. The second-order valence-corrected chi connectivity index (χ2v) is 10.1. The number of ether oxygens (including phenoxy) is 1. The Morgan fingerprint density at radius 2 is 1.37 bits per heavy atom. The Morgan fingerprint density at radius 1 is 0.842 bits per heavy atom. The van der Waals surface area contributed by atoms with E-state index in [0.29, 0.717) is 25.9 Å². The quantitative estimate of drug-likeness (QED) is 0.289. The highest BCUT2D eigenvalue weighted by atomic mass is 19.4. The highest BCUT2D eigenvalue weighted by molar-refractivity contribution is 5.36. The van der Waals surface area contributed by atoms with Crippen molar-refractivity contribution in [3.63, 3.8) is 0 Å². The second-order valence-electron chi connectivity index (χ2n) is 10.1. The summed E-state index contributed by atoms with van der Waals surface area (Å²) in [6.07, 6.45) is -9.61. The van der Waals surface area contributed by atoms with Crippen LogP contribution in [0.1, 0.15) is 53.7 Å². The van der Waals surface area contributed by atoms with Crippen LogP contribution in [-0.4, -0.2) is 18.7 Å². The van der Waals surface area contributed by atoms with Crippen molar-refractivity contribution in [3.8, 4) is 0 Å². The van der Waals surface area contributed by atoms with Gasteiger partial charge in [0.1, 0.15) is 0 Å². The van der Waals surface area contributed by atoms with Crippen LogP contribution in [0.3, 0.4) is 0 Å². The molecular weight excluding hydrogens is 506 g/mol. The van der Waals surface area contributed by atoms with Crippen LogP contribution in [0.2, 0.25) is 0 Å². The fourth-order valence-corrected chi connectivity index (χ4v) is 5.25. The summed E-state index contributed by atoms with van der Waals surface area (Å²) in [7, 11) is 0. The Balaban J connectivity index is 1.55. The van der Waals surface area contributed by atoms with Crippen LogP contribution < -0.4 is 11.1 Å². The molecule has 0 saturated heterocycles. The molecule has 0 aliphatic heterocycles. The molecule has 204 valence electrons. The van der Waals surface area contributed by atoms with Crippen LogP contribution in [0.15, 0.2) is 78.9 Å². The molecule has 1 fully saturated rings. The molecule has 1 saturated carbocycles. The van der Waals surface area contributed by atoms with Crippen LogP contribution >= 0.6 is 0 Å². The SMILES string of the molecule is C[C@@H](OC[C@]1(c2ccccc2)C[C@@](CN)(NCc2ccccc2)C1)c1cc(C(F)(F)F)cc(C(F)(F)F)c1. The van der Waals surface area contributed by atoms with Gasteiger partial charge in [0.25, 0.3) is 0 Å². The van der Waals surface area contributed by atoms with Gasteiger partial charge < -0.3 is 15.8 Å². The topological polar surface area (TPSA) is 47.3 Å². The monoisotopic (exact) mass is 536 g/mol. The van der Waals surface area contributed by atoms with Crippen molar-refractivity contribution in [3.05, 3.63) is 107 Å². The summed E-state index contributed by atoms with van der Waals surface area (Å²) in [5.41, 5.74) is 4.51. The van der Waals surface area contributed by atoms with Gasteiger partial charge in [-0.3, -0.25) is 0 Å². The zero-order chi connectivity index (χ0) is 27.6. The Kier molecular flexibility index (Phi) is 7.93. The normalized spacial score (nSPS) is 22.6. The highest BCUT2D eigenvalue weighted by Gasteiger charge is 2.54. The zero-order valence-electron chi connectivity index (χ0n) is 20.9. The van der Waals surface area contributed by atoms with Crippen LogP contribution in [0.5, 0.6) is 0 Å². The molecule has 3 N–H and O–H groups in total. The maximum atomic E-state index is 13.4. The predicted molar refractivity (Wildman–Crippen MR) is 133 cm³/mol. The third-order valence-corrected chi connectivity index (χ3v) is 7.33. The van der Waals surface area contributed by atoms with Gasteiger partial charge in [0, 0.05) is 24.0 Å². The Hall–Kier alpha value is -2.88. The summed E-state index contributed by atoms with van der Waals surface area (Å²) >= 11 is 0. The lowest BCUT2D eigenvalue weighted by molar-refractivity contribution is -0.143. The van der Waals surface area contributed by atoms with E-state index in [-0.39, 0.29) is 23.8 Å². The number of rotatable bonds is 9. The van der Waals surface area contributed by atoms with Gasteiger partial charge in [-0.25, -0.2) is 0 Å². The molecule has 1 atom stereocenters. The molecule has 3 aromatic carbocycles. The fraction of sp³-hybridized carbons (Fsp3) is 0.379. The van der Waals surface area contributed by atoms with Gasteiger partial charge in [-0.05, 0) is 54.7 Å². The van der Waals surface area contributed by atoms with Crippen molar-refractivity contribution in [1.82, 2.24) is 5.32 Å². The number of nitrogens with one attached hydrogen (secondary N) is 1. The van der Waals surface area contributed by atoms with Crippen molar-refractivity contribution in [2.24, 2.45) is 5.73 Å². The van der Waals surface area contributed by atoms with Gasteiger partial charge in [-0.2, -0.15) is 26.3 Å². The van der Waals surface area contributed by atoms with Crippen LogP contribution in [-0.2, 0) is 29.0 Å². The van der Waals surface area contributed by atoms with Crippen LogP contribution in [0.25, 0.3) is 0 Å². The summed E-state index contributed by atoms with van der Waals surface area (Å²) in [4.78, 5) is 0. The molecule has 0 radical (unpaired) electrons. The van der Waals surface area contributed by atoms with E-state index in [4.69, 9.17) is 10.5 Å². The van der Waals surface area contributed by atoms with E-state index in [1.165, 1.54) is 6.92 Å². The Bertz CT molecular complexity index is 1170. The first-order valence-electron chi connectivity index (χ1n) is 12.3. The molecule has 0 unspecified atom stereocenters. The molecule has 0 aromatic heterocycles. The number of benzene rings is 3. The maximum absolute atomic E-state index is 13.4. The first-order chi connectivity index (χ1) is 17.9. The highest BCUT2D eigenvalue weighted by Crippen LogP contribution is 2.51. The lowest BCUT2D eigenvalue weighted by Gasteiger charge is -2.57. The number of alkyl halides is 6. The third kappa shape index (κ3) is 6.22. The van der Waals surface area contributed by atoms with Crippen LogP contribution in [0, 0.1) is 0 Å². The van der Waals surface area contributed by atoms with E-state index in [1.807, 2.05) is 60.7 Å². The van der Waals surface area contributed by atoms with Crippen LogP contribution in [0.4, 0.5) is 26.3 Å². The average Bonchev–Trinajstić information content (AvgIpc) is 2.87. The van der Waals surface area contributed by atoms with Gasteiger partial charge in [0.2, 0.25) is 0 Å². The van der Waals surface area contributed by atoms with E-state index in [2.05, 4.69) is 5.32 Å². The van der Waals surface area contributed by atoms with Gasteiger partial charge in [-0.1, -0.05) is 60.7 Å². The van der Waals surface area contributed by atoms with Crippen molar-refractivity contribution < 1.29 is 31.1 Å². The summed E-state index contributed by atoms with van der Waals surface area (Å²) < 4.78 is 86.1. The van der Waals surface area contributed by atoms with Crippen molar-refractivity contribution in [2.45, 2.75) is 55.7 Å². The van der Waals surface area contributed by atoms with E-state index in [9.17, 15) is 26.3 Å². The molecule has 0 spiro atoms. The molecule has 0 bridgehead atoms. The lowest BCUT2D eigenvalue weighted by atomic mass is 9.54. The Morgan fingerprint density at radius 3 is 1.87 bits per heavy atom. The number of halogens is 6. The second kappa shape index (κ2) is 10.7. The Labute approximate surface area is 218 Å². The van der Waals surface area contributed by atoms with Crippen molar-refractivity contribution in [2.75, 3.05) is 13.2 Å². The van der Waals surface area contributed by atoms with E-state index < -0.39 is 35.0 Å². The van der Waals surface area contributed by atoms with Crippen molar-refractivity contribution >= 4 is 0 Å². The smallest absolute Gasteiger partial charge is 0.373 e. The number of nitrogens with two attached hydrogens (primary N) is 1. The van der Waals surface area contributed by atoms with Gasteiger partial charge in [0.05, 0.1) is 23.8 Å². The molecular formula is C29H30F6N2O. The number of hydrogen-bond donors (Lipinski definition) is 2. The van der Waals surface area contributed by atoms with Gasteiger partial charge >= 0.3 is 12.4 Å². The third-order valence-electron chi connectivity index (χ3n) is 7.33. The summed E-state index contributed by atoms with van der Waals surface area (Å²) in [5.74, 6) is 0. The summed E-state index contributed by atoms with van der Waals surface area (Å²) in [6, 6.07) is 21.0. The van der Waals surface area contributed by atoms with Gasteiger partial charge in [0.15, 0.2) is 0 Å². The molecule has 0 heterocycles. The first-order valence-corrected chi connectivity index (χ1v) is 12.3. The lowest BCUT2D eigenvalue weighted by Crippen LogP contribution is -2.67. The summed E-state index contributed by atoms with van der Waals surface area (Å²) in [6.45, 7) is 2.57. The van der Waals surface area contributed by atoms with Crippen molar-refractivity contribution in [1.29, 1.82) is 0 Å². The summed E-state index contributed by atoms with van der Waals surface area (Å²) in [5, 5.41) is 3.56. The minimum Gasteiger partial charge on any atom is -0.373 e. The first kappa shape index (κ1) is 28.1. The molecule has 9 heteroatoms. The minimum atomic E-state index is -4.92. The minimum absolute atomic E-state index is 0.116. The van der Waals surface area contributed by atoms with Gasteiger partial charge in [-0.15, -0.1) is 0 Å². The molecule has 3 nitrogen and oxygen atoms in total. The predicted octanol–water partition coefficient (Wildman–Crippen LogP) is 7.02. The fourth-order valence-electron chi connectivity index (χ4n) is 5.25. The molecule has 3 aromatic rings.